The summed E-state index contributed by atoms with van der Waals surface area (Å²) in [7, 11) is 0. The van der Waals surface area contributed by atoms with Gasteiger partial charge in [-0.05, 0) is 38.2 Å². The van der Waals surface area contributed by atoms with Crippen molar-refractivity contribution in [3.8, 4) is 0 Å². The van der Waals surface area contributed by atoms with Gasteiger partial charge in [-0.15, -0.1) is 0 Å². The molecule has 15 heavy (non-hydrogen) atoms. The quantitative estimate of drug-likeness (QED) is 0.788. The second-order valence-electron chi connectivity index (χ2n) is 3.64. The zero-order chi connectivity index (χ0) is 10.8. The molecule has 0 unspecified atom stereocenters. The number of nitrogens with zero attached hydrogens (tertiary/aromatic N) is 2. The van der Waals surface area contributed by atoms with Gasteiger partial charge in [0.2, 0.25) is 0 Å². The van der Waals surface area contributed by atoms with Gasteiger partial charge >= 0.3 is 0 Å². The van der Waals surface area contributed by atoms with Crippen molar-refractivity contribution in [3.63, 3.8) is 0 Å². The Morgan fingerprint density at radius 2 is 2.20 bits per heavy atom. The van der Waals surface area contributed by atoms with Gasteiger partial charge < -0.3 is 9.55 Å². The molecule has 2 aromatic heterocycles. The van der Waals surface area contributed by atoms with E-state index < -0.39 is 0 Å². The predicted octanol–water partition coefficient (Wildman–Crippen LogP) is 2.61. The van der Waals surface area contributed by atoms with E-state index in [2.05, 4.69) is 9.97 Å². The highest BCUT2D eigenvalue weighted by molar-refractivity contribution is 7.71. The van der Waals surface area contributed by atoms with Gasteiger partial charge in [0.1, 0.15) is 0 Å². The molecule has 0 spiro atoms. The first kappa shape index (κ1) is 10.1. The summed E-state index contributed by atoms with van der Waals surface area (Å²) in [5, 5.41) is 0. The number of aromatic amines is 1. The maximum absolute atomic E-state index is 5.18. The van der Waals surface area contributed by atoms with Crippen molar-refractivity contribution >= 4 is 12.2 Å². The zero-order valence-electron chi connectivity index (χ0n) is 8.82. The maximum Gasteiger partial charge on any atom is 0.177 e. The van der Waals surface area contributed by atoms with Crippen LogP contribution in [0.5, 0.6) is 0 Å². The summed E-state index contributed by atoms with van der Waals surface area (Å²) in [5.74, 6) is 0. The molecular formula is C11H13N3S. The first-order valence-corrected chi connectivity index (χ1v) is 5.24. The summed E-state index contributed by atoms with van der Waals surface area (Å²) >= 11 is 5.18. The van der Waals surface area contributed by atoms with E-state index in [4.69, 9.17) is 12.2 Å². The van der Waals surface area contributed by atoms with Crippen LogP contribution < -0.4 is 0 Å². The molecular weight excluding hydrogens is 206 g/mol. The highest BCUT2D eigenvalue weighted by Crippen LogP contribution is 2.04. The van der Waals surface area contributed by atoms with Crippen molar-refractivity contribution in [2.24, 2.45) is 0 Å². The van der Waals surface area contributed by atoms with Gasteiger partial charge in [0.05, 0.1) is 12.2 Å². The molecule has 2 heterocycles. The van der Waals surface area contributed by atoms with Gasteiger partial charge in [-0.25, -0.2) is 0 Å². The average Bonchev–Trinajstić information content (AvgIpc) is 2.45. The Morgan fingerprint density at radius 3 is 2.80 bits per heavy atom. The number of pyridine rings is 1. The topological polar surface area (TPSA) is 33.6 Å². The van der Waals surface area contributed by atoms with Crippen molar-refractivity contribution in [1.29, 1.82) is 0 Å². The first-order valence-electron chi connectivity index (χ1n) is 4.84. The molecule has 0 saturated carbocycles. The molecule has 0 saturated heterocycles. The smallest absolute Gasteiger partial charge is 0.177 e. The van der Waals surface area contributed by atoms with E-state index in [1.807, 2.05) is 42.8 Å². The van der Waals surface area contributed by atoms with Crippen LogP contribution in [0, 0.1) is 18.6 Å². The SMILES string of the molecule is Cc1cccc(Cn2cc(C)[nH]c2=S)n1. The Hall–Kier alpha value is -1.42. The Kier molecular flexibility index (Phi) is 2.68. The van der Waals surface area contributed by atoms with E-state index in [0.717, 1.165) is 28.4 Å². The number of hydrogen-bond acceptors (Lipinski definition) is 2. The van der Waals surface area contributed by atoms with Crippen LogP contribution in [0.2, 0.25) is 0 Å². The number of aryl methyl sites for hydroxylation is 2. The maximum atomic E-state index is 5.18. The van der Waals surface area contributed by atoms with Crippen LogP contribution >= 0.6 is 12.2 Å². The summed E-state index contributed by atoms with van der Waals surface area (Å²) in [6.07, 6.45) is 2.01. The Bertz CT molecular complexity index is 525. The fourth-order valence-corrected chi connectivity index (χ4v) is 1.82. The van der Waals surface area contributed by atoms with Crippen LogP contribution in [0.1, 0.15) is 17.1 Å². The molecule has 0 radical (unpaired) electrons. The van der Waals surface area contributed by atoms with E-state index in [-0.39, 0.29) is 0 Å². The molecule has 78 valence electrons. The van der Waals surface area contributed by atoms with Gasteiger partial charge in [0.25, 0.3) is 0 Å². The van der Waals surface area contributed by atoms with Crippen molar-refractivity contribution in [3.05, 3.63) is 46.2 Å². The van der Waals surface area contributed by atoms with Crippen LogP contribution in [0.15, 0.2) is 24.4 Å². The van der Waals surface area contributed by atoms with E-state index in [0.29, 0.717) is 0 Å². The number of rotatable bonds is 2. The lowest BCUT2D eigenvalue weighted by Crippen LogP contribution is -2.01. The van der Waals surface area contributed by atoms with Gasteiger partial charge in [-0.1, -0.05) is 6.07 Å². The third-order valence-electron chi connectivity index (χ3n) is 2.19. The lowest BCUT2D eigenvalue weighted by molar-refractivity contribution is 0.758. The second-order valence-corrected chi connectivity index (χ2v) is 4.03. The standard InChI is InChI=1S/C11H13N3S/c1-8-4-3-5-10(12-8)7-14-6-9(2)13-11(14)15/h3-6H,7H2,1-2H3,(H,13,15). The summed E-state index contributed by atoms with van der Waals surface area (Å²) < 4.78 is 2.74. The summed E-state index contributed by atoms with van der Waals surface area (Å²) in [6, 6.07) is 6.02. The molecule has 4 heteroatoms. The minimum absolute atomic E-state index is 0.727. The number of hydrogen-bond donors (Lipinski definition) is 1. The third-order valence-corrected chi connectivity index (χ3v) is 2.53. The summed E-state index contributed by atoms with van der Waals surface area (Å²) in [5.41, 5.74) is 3.14. The van der Waals surface area contributed by atoms with Crippen molar-refractivity contribution < 1.29 is 0 Å². The van der Waals surface area contributed by atoms with Crippen LogP contribution in [0.4, 0.5) is 0 Å². The molecule has 0 aromatic carbocycles. The number of H-pyrrole nitrogens is 1. The molecule has 0 aliphatic rings. The third kappa shape index (κ3) is 2.33. The molecule has 2 rings (SSSR count). The fraction of sp³-hybridized carbons (Fsp3) is 0.273. The summed E-state index contributed by atoms with van der Waals surface area (Å²) in [6.45, 7) is 4.71. The monoisotopic (exact) mass is 219 g/mol. The highest BCUT2D eigenvalue weighted by Gasteiger charge is 1.99. The normalized spacial score (nSPS) is 10.5. The van der Waals surface area contributed by atoms with E-state index in [1.54, 1.807) is 0 Å². The average molecular weight is 219 g/mol. The fourth-order valence-electron chi connectivity index (χ4n) is 1.54. The van der Waals surface area contributed by atoms with Crippen molar-refractivity contribution in [2.45, 2.75) is 20.4 Å². The Labute approximate surface area is 93.8 Å². The molecule has 0 fully saturated rings. The second kappa shape index (κ2) is 3.98. The Balaban J connectivity index is 2.29. The van der Waals surface area contributed by atoms with Crippen molar-refractivity contribution in [1.82, 2.24) is 14.5 Å². The molecule has 3 nitrogen and oxygen atoms in total. The van der Waals surface area contributed by atoms with Gasteiger partial charge in [-0.3, -0.25) is 4.98 Å². The molecule has 0 aliphatic heterocycles. The van der Waals surface area contributed by atoms with Gasteiger partial charge in [0.15, 0.2) is 4.77 Å². The highest BCUT2D eigenvalue weighted by atomic mass is 32.1. The number of aromatic nitrogens is 3. The predicted molar refractivity (Wildman–Crippen MR) is 62.4 cm³/mol. The number of nitrogens with one attached hydrogen (secondary N) is 1. The van der Waals surface area contributed by atoms with E-state index >= 15 is 0 Å². The lowest BCUT2D eigenvalue weighted by Gasteiger charge is -2.02. The zero-order valence-corrected chi connectivity index (χ0v) is 9.64. The minimum atomic E-state index is 0.727. The molecule has 0 aliphatic carbocycles. The largest absolute Gasteiger partial charge is 0.335 e. The van der Waals surface area contributed by atoms with Crippen LogP contribution in [0.3, 0.4) is 0 Å². The van der Waals surface area contributed by atoms with Crippen LogP contribution in [0.25, 0.3) is 0 Å². The minimum Gasteiger partial charge on any atom is -0.335 e. The molecule has 2 aromatic rings. The van der Waals surface area contributed by atoms with Gasteiger partial charge in [0, 0.05) is 17.6 Å². The van der Waals surface area contributed by atoms with Crippen LogP contribution in [-0.2, 0) is 6.54 Å². The summed E-state index contributed by atoms with van der Waals surface area (Å²) in [4.78, 5) is 7.53. The molecule has 0 atom stereocenters. The Morgan fingerprint density at radius 1 is 1.40 bits per heavy atom. The molecule has 0 amide bonds. The number of imidazole rings is 1. The lowest BCUT2D eigenvalue weighted by atomic mass is 10.3. The van der Waals surface area contributed by atoms with E-state index in [1.165, 1.54) is 0 Å². The molecule has 0 bridgehead atoms. The van der Waals surface area contributed by atoms with E-state index in [9.17, 15) is 0 Å². The van der Waals surface area contributed by atoms with Crippen LogP contribution in [-0.4, -0.2) is 14.5 Å². The van der Waals surface area contributed by atoms with Crippen molar-refractivity contribution in [2.75, 3.05) is 0 Å². The van der Waals surface area contributed by atoms with Gasteiger partial charge in [-0.2, -0.15) is 0 Å². The first-order chi connectivity index (χ1) is 7.15. The molecule has 1 N–H and O–H groups in total.